The van der Waals surface area contributed by atoms with Gasteiger partial charge in [0, 0.05) is 12.2 Å². The lowest BCUT2D eigenvalue weighted by atomic mass is 9.73. The minimum absolute atomic E-state index is 0.0800. The van der Waals surface area contributed by atoms with Gasteiger partial charge in [-0.1, -0.05) is 0 Å². The van der Waals surface area contributed by atoms with Gasteiger partial charge in [0.15, 0.2) is 9.84 Å². The third kappa shape index (κ3) is 5.00. The second-order valence-electron chi connectivity index (χ2n) is 8.38. The van der Waals surface area contributed by atoms with E-state index < -0.39 is 72.6 Å². The van der Waals surface area contributed by atoms with E-state index in [-0.39, 0.29) is 18.9 Å². The molecule has 1 N–H and O–H groups in total. The van der Waals surface area contributed by atoms with Crippen LogP contribution in [0.5, 0.6) is 0 Å². The highest BCUT2D eigenvalue weighted by Gasteiger charge is 2.49. The summed E-state index contributed by atoms with van der Waals surface area (Å²) in [6.07, 6.45) is -8.86. The van der Waals surface area contributed by atoms with Crippen LogP contribution < -0.4 is 5.32 Å². The summed E-state index contributed by atoms with van der Waals surface area (Å²) >= 11 is 0. The summed E-state index contributed by atoms with van der Waals surface area (Å²) in [6, 6.07) is 1.45. The topological polar surface area (TPSA) is 89.0 Å². The number of nitrogens with one attached hydrogen (secondary N) is 1. The largest absolute Gasteiger partial charge is 0.451 e. The zero-order chi connectivity index (χ0) is 25.7. The molecule has 0 aliphatic heterocycles. The molecule has 34 heavy (non-hydrogen) atoms. The van der Waals surface area contributed by atoms with Crippen LogP contribution in [0.4, 0.5) is 30.7 Å². The van der Waals surface area contributed by atoms with E-state index in [2.05, 4.69) is 15.3 Å². The lowest BCUT2D eigenvalue weighted by Gasteiger charge is -2.44. The second-order valence-corrected chi connectivity index (χ2v) is 10.9. The molecule has 1 aromatic heterocycles. The van der Waals surface area contributed by atoms with Crippen LogP contribution >= 0.6 is 0 Å². The quantitative estimate of drug-likeness (QED) is 0.599. The molecule has 1 fully saturated rings. The molecule has 1 aromatic carbocycles. The number of carbonyl (C=O) groups is 1. The van der Waals surface area contributed by atoms with Crippen LogP contribution in [0.15, 0.2) is 35.4 Å². The molecule has 1 aliphatic rings. The fourth-order valence-electron chi connectivity index (χ4n) is 3.59. The van der Waals surface area contributed by atoms with Crippen molar-refractivity contribution in [3.63, 3.8) is 0 Å². The Morgan fingerprint density at radius 2 is 1.65 bits per heavy atom. The Balaban J connectivity index is 1.72. The van der Waals surface area contributed by atoms with E-state index >= 15 is 0 Å². The first-order chi connectivity index (χ1) is 15.4. The molecule has 0 bridgehead atoms. The molecule has 1 heterocycles. The summed E-state index contributed by atoms with van der Waals surface area (Å²) in [6.45, 7) is 2.56. The zero-order valence-electron chi connectivity index (χ0n) is 17.6. The van der Waals surface area contributed by atoms with Crippen molar-refractivity contribution < 1.29 is 43.9 Å². The molecule has 186 valence electrons. The molecular formula is C20H18F7N3O3S. The Hall–Kier alpha value is -2.77. The number of sulfone groups is 1. The summed E-state index contributed by atoms with van der Waals surface area (Å²) in [5.74, 6) is -4.40. The maximum atomic E-state index is 13.7. The molecule has 1 saturated carbocycles. The van der Waals surface area contributed by atoms with E-state index in [1.165, 1.54) is 13.8 Å². The monoisotopic (exact) mass is 513 g/mol. The van der Waals surface area contributed by atoms with E-state index in [1.807, 2.05) is 0 Å². The van der Waals surface area contributed by atoms with Gasteiger partial charge in [0.25, 0.3) is 5.91 Å². The normalized spacial score (nSPS) is 19.4. The van der Waals surface area contributed by atoms with Crippen molar-refractivity contribution in [3.05, 3.63) is 53.4 Å². The molecule has 0 unspecified atom stereocenters. The van der Waals surface area contributed by atoms with Crippen LogP contribution in [-0.4, -0.2) is 35.1 Å². The highest BCUT2D eigenvalue weighted by Crippen LogP contribution is 2.44. The number of rotatable bonds is 5. The van der Waals surface area contributed by atoms with E-state index in [9.17, 15) is 43.9 Å². The lowest BCUT2D eigenvalue weighted by molar-refractivity contribution is -0.145. The van der Waals surface area contributed by atoms with Crippen molar-refractivity contribution >= 4 is 15.7 Å². The highest BCUT2D eigenvalue weighted by atomic mass is 32.2. The van der Waals surface area contributed by atoms with Crippen molar-refractivity contribution in [3.8, 4) is 0 Å². The molecule has 3 rings (SSSR count). The fraction of sp³-hybridized carbons (Fsp3) is 0.450. The Labute approximate surface area is 189 Å². The number of amides is 1. The van der Waals surface area contributed by atoms with E-state index in [0.717, 1.165) is 12.3 Å². The first kappa shape index (κ1) is 25.8. The van der Waals surface area contributed by atoms with Gasteiger partial charge in [-0.3, -0.25) is 4.79 Å². The van der Waals surface area contributed by atoms with Crippen molar-refractivity contribution in [2.24, 2.45) is 5.92 Å². The van der Waals surface area contributed by atoms with Crippen LogP contribution in [0, 0.1) is 11.7 Å². The molecule has 6 nitrogen and oxygen atoms in total. The number of nitrogens with zero attached hydrogens (tertiary/aromatic N) is 2. The van der Waals surface area contributed by atoms with Crippen molar-refractivity contribution in [1.82, 2.24) is 15.3 Å². The summed E-state index contributed by atoms with van der Waals surface area (Å²) in [7, 11) is -4.43. The molecule has 0 atom stereocenters. The molecular weight excluding hydrogens is 495 g/mol. The van der Waals surface area contributed by atoms with E-state index in [0.29, 0.717) is 12.1 Å². The smallest absolute Gasteiger partial charge is 0.348 e. The van der Waals surface area contributed by atoms with Gasteiger partial charge < -0.3 is 5.32 Å². The summed E-state index contributed by atoms with van der Waals surface area (Å²) < 4.78 is 115. The minimum Gasteiger partial charge on any atom is -0.348 e. The summed E-state index contributed by atoms with van der Waals surface area (Å²) in [4.78, 5) is 17.6. The van der Waals surface area contributed by atoms with E-state index in [4.69, 9.17) is 0 Å². The van der Waals surface area contributed by atoms with Crippen molar-refractivity contribution in [2.45, 2.75) is 54.7 Å². The molecule has 0 saturated heterocycles. The molecule has 1 amide bonds. The number of halogens is 7. The SMILES string of the molecule is CC(C)([C@H]1C[C@H](NC(=O)c2ccnc(C(F)(F)F)n2)C1)S(=O)(=O)c1cc(F)cc(C(F)(F)F)c1. The molecule has 2 aromatic rings. The standard InChI is InChI=1S/C20H18F7N3O3S/c1-18(2,34(32,33)14-8-11(19(22,23)24)5-12(21)9-14)10-6-13(7-10)29-16(31)15-3-4-28-17(30-15)20(25,26)27/h3-5,8-10,13H,6-7H2,1-2H3,(H,29,31)/t10-,13-. The maximum absolute atomic E-state index is 13.7. The first-order valence-electron chi connectivity index (χ1n) is 9.76. The number of aromatic nitrogens is 2. The van der Waals surface area contributed by atoms with Gasteiger partial charge in [-0.15, -0.1) is 0 Å². The molecule has 0 spiro atoms. The minimum atomic E-state index is -4.95. The average molecular weight is 513 g/mol. The Morgan fingerprint density at radius 1 is 1.03 bits per heavy atom. The number of carbonyl (C=O) groups excluding carboxylic acids is 1. The van der Waals surface area contributed by atoms with Crippen molar-refractivity contribution in [1.29, 1.82) is 0 Å². The van der Waals surface area contributed by atoms with Crippen LogP contribution in [0.2, 0.25) is 0 Å². The molecule has 0 radical (unpaired) electrons. The highest BCUT2D eigenvalue weighted by molar-refractivity contribution is 7.92. The van der Waals surface area contributed by atoms with Gasteiger partial charge in [-0.2, -0.15) is 26.3 Å². The van der Waals surface area contributed by atoms with Gasteiger partial charge in [0.05, 0.1) is 15.2 Å². The van der Waals surface area contributed by atoms with Crippen LogP contribution in [0.3, 0.4) is 0 Å². The molecule has 14 heteroatoms. The maximum Gasteiger partial charge on any atom is 0.451 e. The predicted octanol–water partition coefficient (Wildman–Crippen LogP) is 4.41. The van der Waals surface area contributed by atoms with Crippen LogP contribution in [-0.2, 0) is 22.2 Å². The van der Waals surface area contributed by atoms with Gasteiger partial charge in [-0.05, 0) is 56.9 Å². The molecule has 1 aliphatic carbocycles. The Kier molecular flexibility index (Phi) is 6.44. The third-order valence-electron chi connectivity index (χ3n) is 5.80. The van der Waals surface area contributed by atoms with E-state index in [1.54, 1.807) is 0 Å². The predicted molar refractivity (Wildman–Crippen MR) is 104 cm³/mol. The average Bonchev–Trinajstić information content (AvgIpc) is 2.68. The summed E-state index contributed by atoms with van der Waals surface area (Å²) in [5, 5.41) is 2.44. The summed E-state index contributed by atoms with van der Waals surface area (Å²) in [5.41, 5.74) is -1.97. The van der Waals surface area contributed by atoms with Gasteiger partial charge in [0.2, 0.25) is 5.82 Å². The zero-order valence-corrected chi connectivity index (χ0v) is 18.4. The Bertz CT molecular complexity index is 1200. The lowest BCUT2D eigenvalue weighted by Crippen LogP contribution is -2.53. The van der Waals surface area contributed by atoms with Gasteiger partial charge in [0.1, 0.15) is 11.5 Å². The van der Waals surface area contributed by atoms with Crippen LogP contribution in [0.1, 0.15) is 48.6 Å². The number of alkyl halides is 6. The number of hydrogen-bond donors (Lipinski definition) is 1. The fourth-order valence-corrected chi connectivity index (χ4v) is 5.38. The third-order valence-corrected chi connectivity index (χ3v) is 8.37. The number of benzene rings is 1. The van der Waals surface area contributed by atoms with Gasteiger partial charge >= 0.3 is 12.4 Å². The van der Waals surface area contributed by atoms with Crippen molar-refractivity contribution in [2.75, 3.05) is 0 Å². The van der Waals surface area contributed by atoms with Gasteiger partial charge in [-0.25, -0.2) is 22.8 Å². The Morgan fingerprint density at radius 3 is 2.21 bits per heavy atom. The first-order valence-corrected chi connectivity index (χ1v) is 11.2. The van der Waals surface area contributed by atoms with Crippen LogP contribution in [0.25, 0.3) is 0 Å². The second kappa shape index (κ2) is 8.47. The number of hydrogen-bond acceptors (Lipinski definition) is 5.